The number of halogens is 1. The molecule has 0 spiro atoms. The summed E-state index contributed by atoms with van der Waals surface area (Å²) in [6.45, 7) is 0.417. The van der Waals surface area contributed by atoms with E-state index < -0.39 is 15.6 Å². The van der Waals surface area contributed by atoms with E-state index in [1.165, 1.54) is 0 Å². The number of fused-ring (bicyclic) bond motifs is 2. The number of hydrogen-bond acceptors (Lipinski definition) is 3. The summed E-state index contributed by atoms with van der Waals surface area (Å²) in [4.78, 5) is 0. The summed E-state index contributed by atoms with van der Waals surface area (Å²) in [6, 6.07) is 0. The van der Waals surface area contributed by atoms with E-state index in [0.29, 0.717) is 6.61 Å². The van der Waals surface area contributed by atoms with E-state index in [9.17, 15) is 12.3 Å². The molecule has 0 N–H and O–H groups in total. The molecule has 1 aliphatic heterocycles. The lowest BCUT2D eigenvalue weighted by Gasteiger charge is -2.28. The van der Waals surface area contributed by atoms with Gasteiger partial charge in [-0.1, -0.05) is 6.42 Å². The second-order valence-electron chi connectivity index (χ2n) is 4.21. The average Bonchev–Trinajstić information content (AvgIpc) is 2.23. The minimum Gasteiger partial charge on any atom is -0.378 e. The first-order chi connectivity index (χ1) is 5.99. The fourth-order valence-corrected chi connectivity index (χ4v) is 3.58. The van der Waals surface area contributed by atoms with Gasteiger partial charge in [0.1, 0.15) is 0 Å². The Morgan fingerprint density at radius 2 is 2.31 bits per heavy atom. The van der Waals surface area contributed by atoms with Crippen LogP contribution in [-0.2, 0) is 15.0 Å². The zero-order valence-electron chi connectivity index (χ0n) is 7.33. The zero-order chi connectivity index (χ0) is 9.53. The first-order valence-corrected chi connectivity index (χ1v) is 6.08. The summed E-state index contributed by atoms with van der Waals surface area (Å²) >= 11 is 0. The van der Waals surface area contributed by atoms with Crippen LogP contribution in [0.2, 0.25) is 0 Å². The Balaban J connectivity index is 2.12. The molecule has 1 aliphatic carbocycles. The molecular weight excluding hydrogens is 195 g/mol. The highest BCUT2D eigenvalue weighted by molar-refractivity contribution is 7.86. The Hall–Kier alpha value is -0.160. The maximum Gasteiger partial charge on any atom is 0.303 e. The predicted molar refractivity (Wildman–Crippen MR) is 45.5 cm³/mol. The van der Waals surface area contributed by atoms with E-state index >= 15 is 0 Å². The van der Waals surface area contributed by atoms with Crippen molar-refractivity contribution in [3.63, 3.8) is 0 Å². The topological polar surface area (TPSA) is 43.4 Å². The summed E-state index contributed by atoms with van der Waals surface area (Å²) in [5.41, 5.74) is -0.406. The lowest BCUT2D eigenvalue weighted by atomic mass is 9.77. The molecule has 2 unspecified atom stereocenters. The molecule has 0 aromatic carbocycles. The van der Waals surface area contributed by atoms with Gasteiger partial charge in [0.15, 0.2) is 0 Å². The summed E-state index contributed by atoms with van der Waals surface area (Å²) in [6.07, 6.45) is 3.63. The van der Waals surface area contributed by atoms with Crippen molar-refractivity contribution in [2.24, 2.45) is 5.41 Å². The molecule has 0 aromatic rings. The van der Waals surface area contributed by atoms with E-state index in [-0.39, 0.29) is 11.9 Å². The Morgan fingerprint density at radius 1 is 1.54 bits per heavy atom. The van der Waals surface area contributed by atoms with Gasteiger partial charge in [-0.15, -0.1) is 3.89 Å². The van der Waals surface area contributed by atoms with Crippen molar-refractivity contribution < 1.29 is 17.0 Å². The summed E-state index contributed by atoms with van der Waals surface area (Å²) in [5, 5.41) is 0. The molecule has 3 nitrogen and oxygen atoms in total. The first kappa shape index (κ1) is 9.40. The lowest BCUT2D eigenvalue weighted by molar-refractivity contribution is 0.104. The van der Waals surface area contributed by atoms with E-state index in [0.717, 1.165) is 25.7 Å². The summed E-state index contributed by atoms with van der Waals surface area (Å²) < 4.78 is 39.1. The minimum atomic E-state index is -4.35. The summed E-state index contributed by atoms with van der Waals surface area (Å²) in [5.74, 6) is -0.351. The SMILES string of the molecule is O=S(=O)(F)CC12CCCC(C1)OC2. The largest absolute Gasteiger partial charge is 0.378 e. The second-order valence-corrected chi connectivity index (χ2v) is 5.58. The second kappa shape index (κ2) is 2.92. The average molecular weight is 208 g/mol. The van der Waals surface area contributed by atoms with Crippen LogP contribution in [0.3, 0.4) is 0 Å². The molecule has 2 bridgehead atoms. The Labute approximate surface area is 77.5 Å². The van der Waals surface area contributed by atoms with Crippen molar-refractivity contribution in [2.75, 3.05) is 12.4 Å². The maximum atomic E-state index is 12.5. The maximum absolute atomic E-state index is 12.5. The number of rotatable bonds is 2. The molecule has 2 aliphatic rings. The standard InChI is InChI=1S/C8H13FO3S/c9-13(10,11)6-8-3-1-2-7(4-8)12-5-8/h7H,1-6H2. The highest BCUT2D eigenvalue weighted by atomic mass is 32.3. The fraction of sp³-hybridized carbons (Fsp3) is 1.00. The fourth-order valence-electron chi connectivity index (χ4n) is 2.50. The van der Waals surface area contributed by atoms with Gasteiger partial charge in [-0.2, -0.15) is 8.42 Å². The highest BCUT2D eigenvalue weighted by Gasteiger charge is 2.45. The monoisotopic (exact) mass is 208 g/mol. The van der Waals surface area contributed by atoms with Gasteiger partial charge < -0.3 is 4.74 Å². The van der Waals surface area contributed by atoms with Gasteiger partial charge in [0, 0.05) is 5.41 Å². The van der Waals surface area contributed by atoms with Crippen molar-refractivity contribution in [1.29, 1.82) is 0 Å². The molecule has 1 saturated heterocycles. The first-order valence-electron chi connectivity index (χ1n) is 4.53. The normalized spacial score (nSPS) is 39.3. The van der Waals surface area contributed by atoms with Crippen LogP contribution in [0.4, 0.5) is 3.89 Å². The van der Waals surface area contributed by atoms with Gasteiger partial charge in [-0.3, -0.25) is 0 Å². The Kier molecular flexibility index (Phi) is 2.11. The molecule has 1 heterocycles. The van der Waals surface area contributed by atoms with E-state index in [1.807, 2.05) is 0 Å². The Morgan fingerprint density at radius 3 is 3.00 bits per heavy atom. The van der Waals surface area contributed by atoms with Gasteiger partial charge in [0.2, 0.25) is 0 Å². The van der Waals surface area contributed by atoms with Crippen LogP contribution < -0.4 is 0 Å². The molecule has 0 amide bonds. The smallest absolute Gasteiger partial charge is 0.303 e. The molecule has 0 aromatic heterocycles. The van der Waals surface area contributed by atoms with Gasteiger partial charge in [0.25, 0.3) is 0 Å². The minimum absolute atomic E-state index is 0.176. The molecule has 5 heteroatoms. The van der Waals surface area contributed by atoms with E-state index in [1.54, 1.807) is 0 Å². The van der Waals surface area contributed by atoms with Crippen LogP contribution in [-0.4, -0.2) is 26.9 Å². The lowest BCUT2D eigenvalue weighted by Crippen LogP contribution is -2.31. The van der Waals surface area contributed by atoms with Gasteiger partial charge in [0.05, 0.1) is 18.5 Å². The quantitative estimate of drug-likeness (QED) is 0.641. The third-order valence-corrected chi connectivity index (χ3v) is 3.95. The molecule has 1 saturated carbocycles. The highest BCUT2D eigenvalue weighted by Crippen LogP contribution is 2.44. The third kappa shape index (κ3) is 2.02. The van der Waals surface area contributed by atoms with E-state index in [2.05, 4.69) is 0 Å². The molecular formula is C8H13FO3S. The molecule has 13 heavy (non-hydrogen) atoms. The van der Waals surface area contributed by atoms with Crippen LogP contribution in [0.15, 0.2) is 0 Å². The van der Waals surface area contributed by atoms with Crippen molar-refractivity contribution in [1.82, 2.24) is 0 Å². The molecule has 0 radical (unpaired) electrons. The van der Waals surface area contributed by atoms with Gasteiger partial charge in [-0.25, -0.2) is 0 Å². The van der Waals surface area contributed by atoms with Crippen molar-refractivity contribution >= 4 is 10.2 Å². The molecule has 76 valence electrons. The van der Waals surface area contributed by atoms with Crippen LogP contribution >= 0.6 is 0 Å². The van der Waals surface area contributed by atoms with Gasteiger partial charge >= 0.3 is 10.2 Å². The van der Waals surface area contributed by atoms with Crippen LogP contribution in [0, 0.1) is 5.41 Å². The summed E-state index contributed by atoms with van der Waals surface area (Å²) in [7, 11) is -4.35. The molecule has 2 fully saturated rings. The van der Waals surface area contributed by atoms with Crippen molar-refractivity contribution in [3.8, 4) is 0 Å². The van der Waals surface area contributed by atoms with E-state index in [4.69, 9.17) is 4.74 Å². The van der Waals surface area contributed by atoms with Crippen molar-refractivity contribution in [2.45, 2.75) is 31.8 Å². The zero-order valence-corrected chi connectivity index (χ0v) is 8.15. The predicted octanol–water partition coefficient (Wildman–Crippen LogP) is 1.24. The van der Waals surface area contributed by atoms with Crippen LogP contribution in [0.1, 0.15) is 25.7 Å². The number of ether oxygens (including phenoxy) is 1. The third-order valence-electron chi connectivity index (χ3n) is 3.00. The molecule has 2 atom stereocenters. The molecule has 2 rings (SSSR count). The number of hydrogen-bond donors (Lipinski definition) is 0. The van der Waals surface area contributed by atoms with Crippen LogP contribution in [0.25, 0.3) is 0 Å². The van der Waals surface area contributed by atoms with Gasteiger partial charge in [-0.05, 0) is 19.3 Å². The van der Waals surface area contributed by atoms with Crippen molar-refractivity contribution in [3.05, 3.63) is 0 Å². The van der Waals surface area contributed by atoms with Crippen LogP contribution in [0.5, 0.6) is 0 Å². The Bertz CT molecular complexity index is 297.